The van der Waals surface area contributed by atoms with Gasteiger partial charge in [-0.15, -0.1) is 0 Å². The second-order valence-electron chi connectivity index (χ2n) is 37.7. The van der Waals surface area contributed by atoms with Crippen LogP contribution < -0.4 is 10.2 Å². The Labute approximate surface area is 756 Å². The maximum atomic E-state index is 12.1. The minimum atomic E-state index is -0.846. The van der Waals surface area contributed by atoms with E-state index in [4.69, 9.17) is 0 Å². The van der Waals surface area contributed by atoms with Crippen molar-refractivity contribution in [2.24, 2.45) is 0 Å². The molecule has 0 saturated carbocycles. The van der Waals surface area contributed by atoms with E-state index in [2.05, 4.69) is 51.3 Å². The summed E-state index contributed by atoms with van der Waals surface area (Å²) in [4.78, 5) is 28.9. The third-order valence-electron chi connectivity index (χ3n) is 26.3. The molecule has 0 saturated heterocycles. The Morgan fingerprint density at radius 1 is 0.157 bits per heavy atom. The summed E-state index contributed by atoms with van der Waals surface area (Å²) in [6.07, 6.45) is 129. The van der Waals surface area contributed by atoms with Gasteiger partial charge in [-0.05, 0) is 64.7 Å². The molecule has 2 atom stereocenters. The normalized spacial score (nSPS) is 12.2. The summed E-state index contributed by atoms with van der Waals surface area (Å²) in [6.45, 7) is 17.3. The number of carboxylic acids is 2. The van der Waals surface area contributed by atoms with E-state index in [0.29, 0.717) is 0 Å². The van der Waals surface area contributed by atoms with E-state index in [1.807, 2.05) is 0 Å². The molecule has 684 valence electrons. The third-order valence-corrected chi connectivity index (χ3v) is 26.3. The smallest absolute Gasteiger partial charge is 0.548 e. The number of unbranched alkanes of at least 4 members (excludes halogenated alkanes) is 86. The maximum absolute atomic E-state index is 12.1. The van der Waals surface area contributed by atoms with E-state index >= 15 is 0 Å². The summed E-state index contributed by atoms with van der Waals surface area (Å²) >= 11 is 0. The minimum Gasteiger partial charge on any atom is -0.548 e. The van der Waals surface area contributed by atoms with Crippen LogP contribution in [0.2, 0.25) is 0 Å². The van der Waals surface area contributed by atoms with E-state index in [-0.39, 0.29) is 37.7 Å². The van der Waals surface area contributed by atoms with Gasteiger partial charge in [0, 0.05) is 12.1 Å². The topological polar surface area (TPSA) is 86.7 Å². The Kier molecular flexibility index (Phi) is 112. The largest absolute Gasteiger partial charge is 2.00 e. The number of hydrogen-bond donors (Lipinski definition) is 0. The van der Waals surface area contributed by atoms with Crippen LogP contribution >= 0.6 is 0 Å². The van der Waals surface area contributed by atoms with Crippen LogP contribution in [-0.2, 0) is 9.59 Å². The molecule has 115 heavy (non-hydrogen) atoms. The van der Waals surface area contributed by atoms with Gasteiger partial charge in [-0.25, -0.2) is 0 Å². The Balaban J connectivity index is -0.00000216. The van der Waals surface area contributed by atoms with Gasteiger partial charge in [-0.3, -0.25) is 9.80 Å². The second-order valence-corrected chi connectivity index (χ2v) is 37.7. The Morgan fingerprint density at radius 3 is 0.330 bits per heavy atom. The molecule has 0 spiro atoms. The number of carboxylic acid groups (broad SMARTS) is 2. The van der Waals surface area contributed by atoms with Crippen molar-refractivity contribution in [3.05, 3.63) is 0 Å². The van der Waals surface area contributed by atoms with Crippen molar-refractivity contribution >= 4 is 49.7 Å². The summed E-state index contributed by atoms with van der Waals surface area (Å²) in [5, 5.41) is 24.3. The third kappa shape index (κ3) is 99.4. The average Bonchev–Trinajstić information content (AvgIpc) is 0.904. The van der Waals surface area contributed by atoms with Crippen molar-refractivity contribution in [1.82, 2.24) is 9.80 Å². The SMILES string of the molecule is CCCCCCCCCCCCCCCCCCCCCCCCN(CCCCCCCCCCCCCCCCCCCCCCCC)C(CCCC)C(=O)[O-].CCCCCCCCCCCCCCCCCCCCCCCCN(CCCCCCCCCCCCCCCCCCCCCCCC)C(CCCC)C(=O)[O-].[Ca+2]. The summed E-state index contributed by atoms with van der Waals surface area (Å²) < 4.78 is 0. The fourth-order valence-electron chi connectivity index (χ4n) is 18.2. The van der Waals surface area contributed by atoms with Gasteiger partial charge >= 0.3 is 37.7 Å². The standard InChI is InChI=1S/2C54H109NO2.Ca/c2*1-4-7-10-12-14-16-18-20-22-24-26-28-30-32-34-36-38-40-42-44-46-48-51-55(53(54(56)57)50-9-6-3)52-49-47-45-43-41-39-37-35-33-31-29-27-25-23-21-19-17-15-13-11-8-5-2;/h2*53H,4-52H2,1-3H3,(H,56,57);/q;;+2/p-2. The van der Waals surface area contributed by atoms with E-state index in [9.17, 15) is 19.8 Å². The molecular formula is C108H216CaN2O4. The Hall–Kier alpha value is 0.120. The molecule has 0 fully saturated rings. The zero-order chi connectivity index (χ0) is 82.8. The van der Waals surface area contributed by atoms with Gasteiger partial charge in [0.25, 0.3) is 0 Å². The molecule has 0 aromatic carbocycles. The molecule has 6 nitrogen and oxygen atoms in total. The minimum absolute atomic E-state index is 0. The van der Waals surface area contributed by atoms with Crippen LogP contribution in [0.25, 0.3) is 0 Å². The average molecular weight is 1650 g/mol. The van der Waals surface area contributed by atoms with Gasteiger partial charge in [0.15, 0.2) is 0 Å². The molecule has 0 bridgehead atoms. The van der Waals surface area contributed by atoms with Crippen molar-refractivity contribution in [1.29, 1.82) is 0 Å². The van der Waals surface area contributed by atoms with Gasteiger partial charge < -0.3 is 19.8 Å². The summed E-state index contributed by atoms with van der Waals surface area (Å²) in [6, 6.07) is -0.787. The van der Waals surface area contributed by atoms with Crippen LogP contribution in [0.5, 0.6) is 0 Å². The molecule has 0 N–H and O–H groups in total. The molecular weight excluding hydrogens is 1430 g/mol. The first-order chi connectivity index (χ1) is 56.3. The van der Waals surface area contributed by atoms with Crippen LogP contribution in [0, 0.1) is 0 Å². The van der Waals surface area contributed by atoms with Gasteiger partial charge in [-0.2, -0.15) is 0 Å². The number of carbonyl (C=O) groups is 2. The monoisotopic (exact) mass is 1650 g/mol. The van der Waals surface area contributed by atoms with Crippen LogP contribution in [0.1, 0.15) is 645 Å². The van der Waals surface area contributed by atoms with Crippen LogP contribution in [0.15, 0.2) is 0 Å². The maximum Gasteiger partial charge on any atom is 2.00 e. The zero-order valence-electron chi connectivity index (χ0n) is 80.7. The van der Waals surface area contributed by atoms with Crippen molar-refractivity contribution in [2.75, 3.05) is 26.2 Å². The summed E-state index contributed by atoms with van der Waals surface area (Å²) in [5.74, 6) is -1.69. The van der Waals surface area contributed by atoms with E-state index in [1.54, 1.807) is 0 Å². The predicted molar refractivity (Wildman–Crippen MR) is 515 cm³/mol. The fraction of sp³-hybridized carbons (Fsp3) is 0.981. The first kappa shape index (κ1) is 119. The van der Waals surface area contributed by atoms with E-state index in [0.717, 1.165) is 90.4 Å². The van der Waals surface area contributed by atoms with Crippen LogP contribution in [-0.4, -0.2) is 97.7 Å². The van der Waals surface area contributed by atoms with Gasteiger partial charge in [-0.1, -0.05) is 607 Å². The van der Waals surface area contributed by atoms with Crippen molar-refractivity contribution in [3.8, 4) is 0 Å². The van der Waals surface area contributed by atoms with Crippen LogP contribution in [0.3, 0.4) is 0 Å². The molecule has 0 heterocycles. The summed E-state index contributed by atoms with van der Waals surface area (Å²) in [7, 11) is 0. The van der Waals surface area contributed by atoms with E-state index in [1.165, 1.54) is 539 Å². The molecule has 0 aliphatic heterocycles. The van der Waals surface area contributed by atoms with Gasteiger partial charge in [0.05, 0.1) is 11.9 Å². The van der Waals surface area contributed by atoms with E-state index < -0.39 is 24.0 Å². The van der Waals surface area contributed by atoms with Crippen LogP contribution in [0.4, 0.5) is 0 Å². The van der Waals surface area contributed by atoms with Gasteiger partial charge in [0.1, 0.15) is 0 Å². The first-order valence-corrected chi connectivity index (χ1v) is 54.2. The molecule has 2 unspecified atom stereocenters. The quantitative estimate of drug-likeness (QED) is 0.0445. The molecule has 0 radical (unpaired) electrons. The zero-order valence-corrected chi connectivity index (χ0v) is 82.9. The molecule has 7 heteroatoms. The fourth-order valence-corrected chi connectivity index (χ4v) is 18.2. The molecule has 0 aromatic rings. The molecule has 0 aliphatic rings. The molecule has 0 aliphatic carbocycles. The number of hydrogen-bond acceptors (Lipinski definition) is 6. The first-order valence-electron chi connectivity index (χ1n) is 54.2. The van der Waals surface area contributed by atoms with Crippen molar-refractivity contribution < 1.29 is 19.8 Å². The number of rotatable bonds is 102. The number of nitrogens with zero attached hydrogens (tertiary/aromatic N) is 2. The Morgan fingerprint density at radius 2 is 0.243 bits per heavy atom. The van der Waals surface area contributed by atoms with Crippen molar-refractivity contribution in [3.63, 3.8) is 0 Å². The second kappa shape index (κ2) is 108. The summed E-state index contributed by atoms with van der Waals surface area (Å²) in [5.41, 5.74) is 0. The number of carbonyl (C=O) groups excluding carboxylic acids is 2. The molecule has 0 amide bonds. The van der Waals surface area contributed by atoms with Crippen molar-refractivity contribution in [2.45, 2.75) is 657 Å². The van der Waals surface area contributed by atoms with Gasteiger partial charge in [0.2, 0.25) is 0 Å². The number of aliphatic carboxylic acids is 2. The Bertz CT molecular complexity index is 1510. The molecule has 0 aromatic heterocycles. The molecule has 0 rings (SSSR count). The predicted octanol–water partition coefficient (Wildman–Crippen LogP) is 35.2.